The molecule has 8 heteroatoms. The number of aliphatic hydroxyl groups is 1. The highest BCUT2D eigenvalue weighted by molar-refractivity contribution is 5.90. The molecule has 3 N–H and O–H groups in total. The molecular weight excluding hydrogens is 369 g/mol. The first kappa shape index (κ1) is 18.8. The van der Waals surface area contributed by atoms with Gasteiger partial charge in [0.1, 0.15) is 17.7 Å². The smallest absolute Gasteiger partial charge is 0.164 e. The van der Waals surface area contributed by atoms with Gasteiger partial charge in [-0.3, -0.25) is 5.10 Å². The Hall–Kier alpha value is -3.03. The van der Waals surface area contributed by atoms with E-state index in [0.29, 0.717) is 22.7 Å². The average molecular weight is 386 g/mol. The minimum Gasteiger partial charge on any atom is -0.380 e. The van der Waals surface area contributed by atoms with Crippen molar-refractivity contribution < 1.29 is 9.50 Å². The molecule has 0 aliphatic carbocycles. The summed E-state index contributed by atoms with van der Waals surface area (Å²) in [5.74, 6) is 1.02. The molecule has 0 unspecified atom stereocenters. The van der Waals surface area contributed by atoms with Gasteiger partial charge in [0.2, 0.25) is 0 Å². The van der Waals surface area contributed by atoms with E-state index in [4.69, 9.17) is 0 Å². The first-order valence-corrected chi connectivity index (χ1v) is 8.09. The minimum atomic E-state index is -1.07. The number of aliphatic hydroxyl groups excluding tert-OH is 1. The largest absolute Gasteiger partial charge is 0.380 e. The summed E-state index contributed by atoms with van der Waals surface area (Å²) in [5, 5.41) is 21.6. The van der Waals surface area contributed by atoms with Gasteiger partial charge in [-0.2, -0.15) is 5.10 Å². The topological polar surface area (TPSA) is 86.7 Å². The fourth-order valence-electron chi connectivity index (χ4n) is 2.71. The third-order valence-corrected chi connectivity index (χ3v) is 4.00. The van der Waals surface area contributed by atoms with E-state index in [0.717, 1.165) is 11.1 Å². The maximum atomic E-state index is 13.1. The molecule has 2 aromatic carbocycles. The fraction of sp³-hybridized carbons (Fsp3) is 0.105. The molecule has 27 heavy (non-hydrogen) atoms. The van der Waals surface area contributed by atoms with Crippen LogP contribution in [0.1, 0.15) is 23.2 Å². The summed E-state index contributed by atoms with van der Waals surface area (Å²) in [4.78, 5) is 8.94. The van der Waals surface area contributed by atoms with Gasteiger partial charge in [-0.15, -0.1) is 12.4 Å². The SMILES string of the molecule is Cc1cc(Nc2nc([C@@H](O)c3ccc(F)cc3)nc3ccccc23)n[nH]1.Cl. The Labute approximate surface area is 160 Å². The molecule has 6 nitrogen and oxygen atoms in total. The molecule has 0 saturated carbocycles. The van der Waals surface area contributed by atoms with Crippen LogP contribution in [0, 0.1) is 12.7 Å². The molecule has 1 atom stereocenters. The Kier molecular flexibility index (Phi) is 5.34. The monoisotopic (exact) mass is 385 g/mol. The van der Waals surface area contributed by atoms with Gasteiger partial charge < -0.3 is 10.4 Å². The molecule has 0 fully saturated rings. The Morgan fingerprint density at radius 1 is 1.07 bits per heavy atom. The number of benzene rings is 2. The summed E-state index contributed by atoms with van der Waals surface area (Å²) in [5.41, 5.74) is 2.12. The lowest BCUT2D eigenvalue weighted by molar-refractivity contribution is 0.210. The third kappa shape index (κ3) is 3.89. The number of halogens is 2. The van der Waals surface area contributed by atoms with Gasteiger partial charge in [0, 0.05) is 17.1 Å². The Balaban J connectivity index is 0.00000210. The van der Waals surface area contributed by atoms with Crippen molar-refractivity contribution in [3.05, 3.63) is 77.5 Å². The van der Waals surface area contributed by atoms with Crippen LogP contribution in [0.15, 0.2) is 54.6 Å². The van der Waals surface area contributed by atoms with Crippen molar-refractivity contribution >= 4 is 34.9 Å². The molecule has 2 heterocycles. The van der Waals surface area contributed by atoms with Crippen molar-refractivity contribution in [2.75, 3.05) is 5.32 Å². The first-order valence-electron chi connectivity index (χ1n) is 8.09. The van der Waals surface area contributed by atoms with Crippen LogP contribution in [0.3, 0.4) is 0 Å². The number of fused-ring (bicyclic) bond motifs is 1. The summed E-state index contributed by atoms with van der Waals surface area (Å²) in [6, 6.07) is 15.0. The van der Waals surface area contributed by atoms with Gasteiger partial charge in [0.05, 0.1) is 5.52 Å². The highest BCUT2D eigenvalue weighted by Crippen LogP contribution is 2.27. The second kappa shape index (κ2) is 7.69. The number of aromatic amines is 1. The Bertz CT molecular complexity index is 1070. The van der Waals surface area contributed by atoms with Gasteiger partial charge in [-0.1, -0.05) is 24.3 Å². The van der Waals surface area contributed by atoms with Gasteiger partial charge in [-0.05, 0) is 36.8 Å². The number of anilines is 2. The zero-order valence-electron chi connectivity index (χ0n) is 14.3. The quantitative estimate of drug-likeness (QED) is 0.493. The highest BCUT2D eigenvalue weighted by atomic mass is 35.5. The van der Waals surface area contributed by atoms with Crippen LogP contribution < -0.4 is 5.32 Å². The van der Waals surface area contributed by atoms with Crippen LogP contribution in [0.4, 0.5) is 16.0 Å². The summed E-state index contributed by atoms with van der Waals surface area (Å²) >= 11 is 0. The summed E-state index contributed by atoms with van der Waals surface area (Å²) in [7, 11) is 0. The van der Waals surface area contributed by atoms with E-state index < -0.39 is 6.10 Å². The van der Waals surface area contributed by atoms with Gasteiger partial charge in [-0.25, -0.2) is 14.4 Å². The van der Waals surface area contributed by atoms with Crippen molar-refractivity contribution in [3.8, 4) is 0 Å². The predicted molar refractivity (Wildman–Crippen MR) is 104 cm³/mol. The minimum absolute atomic E-state index is 0. The van der Waals surface area contributed by atoms with E-state index >= 15 is 0 Å². The first-order chi connectivity index (χ1) is 12.6. The van der Waals surface area contributed by atoms with Crippen molar-refractivity contribution in [3.63, 3.8) is 0 Å². The fourth-order valence-corrected chi connectivity index (χ4v) is 2.71. The van der Waals surface area contributed by atoms with E-state index in [1.54, 1.807) is 0 Å². The number of hydrogen-bond acceptors (Lipinski definition) is 5. The molecule has 4 rings (SSSR count). The highest BCUT2D eigenvalue weighted by Gasteiger charge is 2.17. The predicted octanol–water partition coefficient (Wildman–Crippen LogP) is 4.05. The van der Waals surface area contributed by atoms with Gasteiger partial charge >= 0.3 is 0 Å². The Morgan fingerprint density at radius 3 is 2.52 bits per heavy atom. The molecule has 0 bridgehead atoms. The van der Waals surface area contributed by atoms with Crippen LogP contribution in [0.5, 0.6) is 0 Å². The van der Waals surface area contributed by atoms with Crippen LogP contribution in [-0.4, -0.2) is 25.3 Å². The van der Waals surface area contributed by atoms with E-state index in [-0.39, 0.29) is 24.0 Å². The summed E-state index contributed by atoms with van der Waals surface area (Å²) < 4.78 is 13.1. The lowest BCUT2D eigenvalue weighted by Gasteiger charge is -2.13. The lowest BCUT2D eigenvalue weighted by atomic mass is 10.1. The normalized spacial score (nSPS) is 11.8. The van der Waals surface area contributed by atoms with E-state index in [1.807, 2.05) is 37.3 Å². The maximum absolute atomic E-state index is 13.1. The van der Waals surface area contributed by atoms with Crippen LogP contribution >= 0.6 is 12.4 Å². The van der Waals surface area contributed by atoms with Crippen LogP contribution in [0.25, 0.3) is 10.9 Å². The van der Waals surface area contributed by atoms with E-state index in [1.165, 1.54) is 24.3 Å². The molecule has 4 aromatic rings. The number of nitrogens with one attached hydrogen (secondary N) is 2. The third-order valence-electron chi connectivity index (χ3n) is 4.00. The second-order valence-corrected chi connectivity index (χ2v) is 5.96. The molecule has 2 aromatic heterocycles. The maximum Gasteiger partial charge on any atom is 0.164 e. The summed E-state index contributed by atoms with van der Waals surface area (Å²) in [6.07, 6.45) is -1.07. The van der Waals surface area contributed by atoms with E-state index in [9.17, 15) is 9.50 Å². The number of nitrogens with zero attached hydrogens (tertiary/aromatic N) is 3. The molecule has 0 saturated heterocycles. The molecule has 0 radical (unpaired) electrons. The number of aromatic nitrogens is 4. The van der Waals surface area contributed by atoms with E-state index in [2.05, 4.69) is 25.5 Å². The lowest BCUT2D eigenvalue weighted by Crippen LogP contribution is -2.08. The molecule has 0 amide bonds. The number of aryl methyl sites for hydroxylation is 1. The van der Waals surface area contributed by atoms with Crippen molar-refractivity contribution in [2.45, 2.75) is 13.0 Å². The van der Waals surface area contributed by atoms with Crippen molar-refractivity contribution in [1.29, 1.82) is 0 Å². The number of rotatable bonds is 4. The number of hydrogen-bond donors (Lipinski definition) is 3. The summed E-state index contributed by atoms with van der Waals surface area (Å²) in [6.45, 7) is 1.90. The number of H-pyrrole nitrogens is 1. The molecular formula is C19H17ClFN5O. The van der Waals surface area contributed by atoms with Crippen LogP contribution in [0.2, 0.25) is 0 Å². The second-order valence-electron chi connectivity index (χ2n) is 5.96. The molecule has 0 aliphatic rings. The molecule has 0 spiro atoms. The zero-order valence-corrected chi connectivity index (χ0v) is 15.2. The number of para-hydroxylation sites is 1. The Morgan fingerprint density at radius 2 is 1.81 bits per heavy atom. The van der Waals surface area contributed by atoms with Crippen LogP contribution in [-0.2, 0) is 0 Å². The molecule has 0 aliphatic heterocycles. The van der Waals surface area contributed by atoms with Gasteiger partial charge in [0.25, 0.3) is 0 Å². The zero-order chi connectivity index (χ0) is 18.1. The van der Waals surface area contributed by atoms with Crippen molar-refractivity contribution in [2.24, 2.45) is 0 Å². The molecule has 138 valence electrons. The average Bonchev–Trinajstić information content (AvgIpc) is 3.06. The standard InChI is InChI=1S/C19H16FN5O.ClH/c1-11-10-16(25-24-11)22-18-14-4-2-3-5-15(14)21-19(23-18)17(26)12-6-8-13(20)9-7-12;/h2-10,17,26H,1H3,(H2,21,22,23,24,25);1H/t17-;/m0./s1. The van der Waals surface area contributed by atoms with Crippen molar-refractivity contribution in [1.82, 2.24) is 20.2 Å². The van der Waals surface area contributed by atoms with Gasteiger partial charge in [0.15, 0.2) is 11.6 Å².